The molecular formula is C22H26N6O2. The third-order valence-corrected chi connectivity index (χ3v) is 5.72. The van der Waals surface area contributed by atoms with Crippen LogP contribution in [0.2, 0.25) is 0 Å². The fraction of sp³-hybridized carbons (Fsp3) is 0.364. The van der Waals surface area contributed by atoms with Gasteiger partial charge in [-0.15, -0.1) is 0 Å². The van der Waals surface area contributed by atoms with E-state index in [-0.39, 0.29) is 17.7 Å². The highest BCUT2D eigenvalue weighted by Gasteiger charge is 2.36. The molecule has 0 saturated carbocycles. The number of aromatic amines is 2. The van der Waals surface area contributed by atoms with Gasteiger partial charge in [-0.1, -0.05) is 24.3 Å². The second-order valence-corrected chi connectivity index (χ2v) is 7.84. The Morgan fingerprint density at radius 1 is 1.13 bits per heavy atom. The minimum atomic E-state index is -0.167. The molecule has 2 amide bonds. The summed E-state index contributed by atoms with van der Waals surface area (Å²) in [6, 6.07) is 9.69. The number of hydrogen-bond donors (Lipinski definition) is 3. The quantitative estimate of drug-likeness (QED) is 0.583. The van der Waals surface area contributed by atoms with Gasteiger partial charge in [-0.3, -0.25) is 19.8 Å². The lowest BCUT2D eigenvalue weighted by atomic mass is 9.98. The summed E-state index contributed by atoms with van der Waals surface area (Å²) in [6.07, 6.45) is 0.741. The summed E-state index contributed by atoms with van der Waals surface area (Å²) in [6.45, 7) is 7.35. The van der Waals surface area contributed by atoms with Crippen LogP contribution in [-0.2, 0) is 11.2 Å². The number of rotatable bonds is 6. The molecule has 30 heavy (non-hydrogen) atoms. The van der Waals surface area contributed by atoms with E-state index in [4.69, 9.17) is 0 Å². The molecule has 8 nitrogen and oxygen atoms in total. The summed E-state index contributed by atoms with van der Waals surface area (Å²) in [7, 11) is 0. The molecule has 156 valence electrons. The Balaban J connectivity index is 1.27. The third kappa shape index (κ3) is 3.85. The van der Waals surface area contributed by atoms with Crippen LogP contribution in [0, 0.1) is 26.7 Å². The molecule has 0 radical (unpaired) electrons. The summed E-state index contributed by atoms with van der Waals surface area (Å²) in [5.74, 6) is -0.307. The van der Waals surface area contributed by atoms with Crippen molar-refractivity contribution in [2.75, 3.05) is 19.6 Å². The fourth-order valence-electron chi connectivity index (χ4n) is 3.81. The topological polar surface area (TPSA) is 107 Å². The van der Waals surface area contributed by atoms with Crippen molar-refractivity contribution in [3.05, 3.63) is 58.5 Å². The maximum Gasteiger partial charge on any atom is 0.271 e. The van der Waals surface area contributed by atoms with Gasteiger partial charge in [0.1, 0.15) is 5.69 Å². The largest absolute Gasteiger partial charge is 0.355 e. The van der Waals surface area contributed by atoms with Crippen LogP contribution in [0.3, 0.4) is 0 Å². The molecule has 1 aliphatic heterocycles. The molecule has 1 saturated heterocycles. The molecule has 3 N–H and O–H groups in total. The van der Waals surface area contributed by atoms with Crippen molar-refractivity contribution < 1.29 is 9.59 Å². The highest BCUT2D eigenvalue weighted by molar-refractivity contribution is 5.95. The molecule has 1 fully saturated rings. The van der Waals surface area contributed by atoms with E-state index in [9.17, 15) is 9.59 Å². The van der Waals surface area contributed by atoms with Crippen LogP contribution in [0.1, 0.15) is 33.0 Å². The molecule has 1 aromatic carbocycles. The Bertz CT molecular complexity index is 1060. The zero-order valence-electron chi connectivity index (χ0n) is 17.5. The van der Waals surface area contributed by atoms with E-state index in [0.717, 1.165) is 40.2 Å². The SMILES string of the molecule is Cc1ccccc1-c1cc(C(=O)N2CC(C(=O)NCCc3c(C)n[nH]c3C)C2)[nH]n1. The van der Waals surface area contributed by atoms with Crippen LogP contribution in [-0.4, -0.2) is 56.7 Å². The molecule has 1 aliphatic rings. The van der Waals surface area contributed by atoms with E-state index >= 15 is 0 Å². The minimum Gasteiger partial charge on any atom is -0.355 e. The first-order valence-corrected chi connectivity index (χ1v) is 10.1. The summed E-state index contributed by atoms with van der Waals surface area (Å²) in [5, 5.41) is 17.2. The third-order valence-electron chi connectivity index (χ3n) is 5.72. The van der Waals surface area contributed by atoms with Crippen molar-refractivity contribution in [3.8, 4) is 11.3 Å². The molecule has 0 atom stereocenters. The van der Waals surface area contributed by atoms with Gasteiger partial charge < -0.3 is 10.2 Å². The van der Waals surface area contributed by atoms with Gasteiger partial charge in [0.2, 0.25) is 5.91 Å². The van der Waals surface area contributed by atoms with E-state index in [1.165, 1.54) is 0 Å². The van der Waals surface area contributed by atoms with Crippen molar-refractivity contribution in [1.82, 2.24) is 30.6 Å². The van der Waals surface area contributed by atoms with Gasteiger partial charge in [-0.25, -0.2) is 0 Å². The molecule has 0 aliphatic carbocycles. The van der Waals surface area contributed by atoms with E-state index in [1.807, 2.05) is 45.0 Å². The number of nitrogens with zero attached hydrogens (tertiary/aromatic N) is 3. The van der Waals surface area contributed by atoms with Crippen molar-refractivity contribution in [2.45, 2.75) is 27.2 Å². The van der Waals surface area contributed by atoms with Crippen LogP contribution >= 0.6 is 0 Å². The first-order chi connectivity index (χ1) is 14.4. The van der Waals surface area contributed by atoms with Gasteiger partial charge in [0.15, 0.2) is 0 Å². The van der Waals surface area contributed by atoms with Crippen LogP contribution in [0.15, 0.2) is 30.3 Å². The monoisotopic (exact) mass is 406 g/mol. The summed E-state index contributed by atoms with van der Waals surface area (Å²) in [5.41, 5.74) is 6.43. The van der Waals surface area contributed by atoms with Gasteiger partial charge in [0.05, 0.1) is 17.3 Å². The molecule has 8 heteroatoms. The number of amides is 2. The van der Waals surface area contributed by atoms with Crippen LogP contribution in [0.5, 0.6) is 0 Å². The predicted molar refractivity (Wildman–Crippen MR) is 113 cm³/mol. The van der Waals surface area contributed by atoms with Crippen LogP contribution in [0.25, 0.3) is 11.3 Å². The highest BCUT2D eigenvalue weighted by atomic mass is 16.2. The van der Waals surface area contributed by atoms with Gasteiger partial charge in [-0.2, -0.15) is 10.2 Å². The van der Waals surface area contributed by atoms with Gasteiger partial charge in [0, 0.05) is 30.9 Å². The molecule has 2 aromatic heterocycles. The minimum absolute atomic E-state index is 0.0111. The van der Waals surface area contributed by atoms with Crippen molar-refractivity contribution in [1.29, 1.82) is 0 Å². The summed E-state index contributed by atoms with van der Waals surface area (Å²) in [4.78, 5) is 26.7. The first kappa shape index (κ1) is 19.9. The lowest BCUT2D eigenvalue weighted by molar-refractivity contribution is -0.128. The van der Waals surface area contributed by atoms with E-state index in [2.05, 4.69) is 25.7 Å². The number of hydrogen-bond acceptors (Lipinski definition) is 4. The number of aryl methyl sites for hydroxylation is 3. The lowest BCUT2D eigenvalue weighted by Gasteiger charge is -2.37. The number of H-pyrrole nitrogens is 2. The predicted octanol–water partition coefficient (Wildman–Crippen LogP) is 2.16. The maximum absolute atomic E-state index is 12.7. The van der Waals surface area contributed by atoms with Gasteiger partial charge in [0.25, 0.3) is 5.91 Å². The van der Waals surface area contributed by atoms with E-state index < -0.39 is 0 Å². The average Bonchev–Trinajstić information content (AvgIpc) is 3.29. The number of benzene rings is 1. The van der Waals surface area contributed by atoms with Crippen LogP contribution in [0.4, 0.5) is 0 Å². The number of nitrogens with one attached hydrogen (secondary N) is 3. The highest BCUT2D eigenvalue weighted by Crippen LogP contribution is 2.24. The number of carbonyl (C=O) groups is 2. The molecule has 0 spiro atoms. The van der Waals surface area contributed by atoms with Gasteiger partial charge in [-0.05, 0) is 44.4 Å². The Morgan fingerprint density at radius 2 is 1.90 bits per heavy atom. The van der Waals surface area contributed by atoms with E-state index in [0.29, 0.717) is 25.3 Å². The number of likely N-dealkylation sites (tertiary alicyclic amines) is 1. The van der Waals surface area contributed by atoms with Gasteiger partial charge >= 0.3 is 0 Å². The number of carbonyl (C=O) groups excluding carboxylic acids is 2. The van der Waals surface area contributed by atoms with Crippen LogP contribution < -0.4 is 5.32 Å². The number of aromatic nitrogens is 4. The van der Waals surface area contributed by atoms with Crippen molar-refractivity contribution in [2.24, 2.45) is 5.92 Å². The zero-order chi connectivity index (χ0) is 21.3. The molecule has 3 aromatic rings. The lowest BCUT2D eigenvalue weighted by Crippen LogP contribution is -2.56. The Hall–Kier alpha value is -3.42. The van der Waals surface area contributed by atoms with Crippen molar-refractivity contribution >= 4 is 11.8 Å². The Labute approximate surface area is 175 Å². The Morgan fingerprint density at radius 3 is 2.60 bits per heavy atom. The molecule has 4 rings (SSSR count). The normalized spacial score (nSPS) is 13.9. The average molecular weight is 406 g/mol. The molecule has 0 bridgehead atoms. The molecule has 0 unspecified atom stereocenters. The fourth-order valence-corrected chi connectivity index (χ4v) is 3.81. The zero-order valence-corrected chi connectivity index (χ0v) is 17.5. The molecular weight excluding hydrogens is 380 g/mol. The summed E-state index contributed by atoms with van der Waals surface area (Å²) < 4.78 is 0. The molecule has 3 heterocycles. The standard InChI is InChI=1S/C22H26N6O2/c1-13-6-4-5-7-17(13)19-10-20(27-26-19)22(30)28-11-16(12-28)21(29)23-9-8-18-14(2)24-25-15(18)3/h4-7,10,16H,8-9,11-12H2,1-3H3,(H,23,29)(H,24,25)(H,26,27). The smallest absolute Gasteiger partial charge is 0.271 e. The second kappa shape index (κ2) is 8.14. The second-order valence-electron chi connectivity index (χ2n) is 7.84. The van der Waals surface area contributed by atoms with Crippen molar-refractivity contribution in [3.63, 3.8) is 0 Å². The Kier molecular flexibility index (Phi) is 5.39. The summed E-state index contributed by atoms with van der Waals surface area (Å²) >= 11 is 0. The maximum atomic E-state index is 12.7. The first-order valence-electron chi connectivity index (χ1n) is 10.1. The van der Waals surface area contributed by atoms with E-state index in [1.54, 1.807) is 11.0 Å².